The molecule has 4 nitrogen and oxygen atoms in total. The maximum Gasteiger partial charge on any atom is 0.265 e. The first-order valence-electron chi connectivity index (χ1n) is 6.54. The zero-order chi connectivity index (χ0) is 17.0. The number of benzene rings is 2. The number of rotatable bonds is 4. The van der Waals surface area contributed by atoms with Crippen molar-refractivity contribution >= 4 is 11.6 Å². The number of hydrogen-bond acceptors (Lipinski definition) is 3. The highest BCUT2D eigenvalue weighted by atomic mass is 19.2. The summed E-state index contributed by atoms with van der Waals surface area (Å²) in [5, 5.41) is 11.0. The Morgan fingerprint density at radius 1 is 1.17 bits per heavy atom. The summed E-state index contributed by atoms with van der Waals surface area (Å²) in [4.78, 5) is 12.0. The van der Waals surface area contributed by atoms with Crippen LogP contribution in [-0.4, -0.2) is 12.0 Å². The van der Waals surface area contributed by atoms with Gasteiger partial charge in [0.2, 0.25) is 0 Å². The van der Waals surface area contributed by atoms with Crippen LogP contribution < -0.4 is 10.1 Å². The number of amides is 1. The van der Waals surface area contributed by atoms with E-state index in [2.05, 4.69) is 5.32 Å². The van der Waals surface area contributed by atoms with Crippen molar-refractivity contribution in [3.8, 4) is 11.8 Å². The quantitative estimate of drug-likeness (QED) is 0.879. The Bertz CT molecular complexity index is 787. The molecule has 0 aliphatic carbocycles. The number of carbonyl (C=O) groups excluding carboxylic acids is 1. The lowest BCUT2D eigenvalue weighted by molar-refractivity contribution is -0.122. The number of nitriles is 1. The Morgan fingerprint density at radius 2 is 1.87 bits per heavy atom. The van der Waals surface area contributed by atoms with Crippen LogP contribution in [0.15, 0.2) is 36.4 Å². The second kappa shape index (κ2) is 6.83. The molecule has 0 heterocycles. The van der Waals surface area contributed by atoms with Gasteiger partial charge in [-0.05, 0) is 31.2 Å². The summed E-state index contributed by atoms with van der Waals surface area (Å²) in [7, 11) is 0. The van der Waals surface area contributed by atoms with Gasteiger partial charge < -0.3 is 10.1 Å². The zero-order valence-corrected chi connectivity index (χ0v) is 11.9. The predicted octanol–water partition coefficient (Wildman–Crippen LogP) is 3.38. The smallest absolute Gasteiger partial charge is 0.265 e. The Hall–Kier alpha value is -3.01. The lowest BCUT2D eigenvalue weighted by Gasteiger charge is -2.16. The summed E-state index contributed by atoms with van der Waals surface area (Å²) in [6, 6.07) is 9.77. The van der Waals surface area contributed by atoms with Gasteiger partial charge in [0.1, 0.15) is 11.8 Å². The van der Waals surface area contributed by atoms with E-state index < -0.39 is 35.2 Å². The number of ether oxygens (including phenoxy) is 1. The molecule has 0 aliphatic rings. The lowest BCUT2D eigenvalue weighted by atomic mass is 10.2. The van der Waals surface area contributed by atoms with Crippen molar-refractivity contribution in [3.05, 3.63) is 59.4 Å². The highest BCUT2D eigenvalue weighted by molar-refractivity contribution is 5.94. The van der Waals surface area contributed by atoms with Crippen LogP contribution in [0.1, 0.15) is 12.5 Å². The van der Waals surface area contributed by atoms with Crippen LogP contribution in [0.2, 0.25) is 0 Å². The van der Waals surface area contributed by atoms with Gasteiger partial charge in [0.25, 0.3) is 5.91 Å². The third-order valence-electron chi connectivity index (χ3n) is 2.97. The first kappa shape index (κ1) is 16.4. The summed E-state index contributed by atoms with van der Waals surface area (Å²) in [5.41, 5.74) is -0.274. The second-order valence-electron chi connectivity index (χ2n) is 4.58. The molecule has 1 N–H and O–H groups in total. The minimum atomic E-state index is -1.67. The first-order valence-corrected chi connectivity index (χ1v) is 6.54. The zero-order valence-electron chi connectivity index (χ0n) is 11.9. The molecule has 0 aromatic heterocycles. The van der Waals surface area contributed by atoms with Crippen molar-refractivity contribution in [1.82, 2.24) is 0 Å². The molecule has 0 saturated heterocycles. The Kier molecular flexibility index (Phi) is 4.86. The fourth-order valence-corrected chi connectivity index (χ4v) is 1.76. The number of para-hydroxylation sites is 1. The molecule has 1 atom stereocenters. The SMILES string of the molecule is C[C@@H](Oc1ccccc1C#N)C(=O)Nc1ccc(F)c(F)c1F. The van der Waals surface area contributed by atoms with E-state index in [0.717, 1.165) is 6.07 Å². The van der Waals surface area contributed by atoms with E-state index in [1.807, 2.05) is 6.07 Å². The average Bonchev–Trinajstić information content (AvgIpc) is 2.55. The molecule has 1 amide bonds. The number of hydrogen-bond donors (Lipinski definition) is 1. The molecule has 0 aliphatic heterocycles. The van der Waals surface area contributed by atoms with Crippen LogP contribution in [-0.2, 0) is 4.79 Å². The van der Waals surface area contributed by atoms with Gasteiger partial charge in [-0.2, -0.15) is 5.26 Å². The minimum absolute atomic E-state index is 0.184. The van der Waals surface area contributed by atoms with Gasteiger partial charge in [-0.3, -0.25) is 4.79 Å². The summed E-state index contributed by atoms with van der Waals surface area (Å²) in [6.07, 6.45) is -1.09. The standard InChI is InChI=1S/C16H11F3N2O2/c1-9(23-13-5-3-2-4-10(13)8-20)16(22)21-12-7-6-11(17)14(18)15(12)19/h2-7,9H,1H3,(H,21,22)/t9-/m1/s1. The van der Waals surface area contributed by atoms with E-state index in [9.17, 15) is 18.0 Å². The van der Waals surface area contributed by atoms with Gasteiger partial charge in [-0.1, -0.05) is 12.1 Å². The van der Waals surface area contributed by atoms with Crippen LogP contribution in [0.4, 0.5) is 18.9 Å². The Balaban J connectivity index is 2.12. The molecule has 2 aromatic rings. The third kappa shape index (κ3) is 3.61. The number of nitrogens with zero attached hydrogens (tertiary/aromatic N) is 1. The van der Waals surface area contributed by atoms with Crippen LogP contribution in [0.3, 0.4) is 0 Å². The lowest BCUT2D eigenvalue weighted by Crippen LogP contribution is -2.30. The van der Waals surface area contributed by atoms with E-state index >= 15 is 0 Å². The molecule has 0 unspecified atom stereocenters. The van der Waals surface area contributed by atoms with Gasteiger partial charge in [0.05, 0.1) is 11.3 Å². The van der Waals surface area contributed by atoms with Crippen LogP contribution in [0.5, 0.6) is 5.75 Å². The molecule has 0 bridgehead atoms. The molecule has 118 valence electrons. The van der Waals surface area contributed by atoms with E-state index in [1.54, 1.807) is 12.1 Å². The highest BCUT2D eigenvalue weighted by Crippen LogP contribution is 2.21. The largest absolute Gasteiger partial charge is 0.480 e. The topological polar surface area (TPSA) is 62.1 Å². The van der Waals surface area contributed by atoms with Gasteiger partial charge in [-0.15, -0.1) is 0 Å². The molecule has 0 spiro atoms. The van der Waals surface area contributed by atoms with Crippen molar-refractivity contribution < 1.29 is 22.7 Å². The number of carbonyl (C=O) groups is 1. The summed E-state index contributed by atoms with van der Waals surface area (Å²) in [5.74, 6) is -5.12. The van der Waals surface area contributed by atoms with Crippen LogP contribution >= 0.6 is 0 Å². The molecule has 0 radical (unpaired) electrons. The fraction of sp³-hybridized carbons (Fsp3) is 0.125. The van der Waals surface area contributed by atoms with E-state index in [1.165, 1.54) is 19.1 Å². The van der Waals surface area contributed by atoms with Gasteiger partial charge in [0, 0.05) is 0 Å². The summed E-state index contributed by atoms with van der Waals surface area (Å²) >= 11 is 0. The Morgan fingerprint density at radius 3 is 2.57 bits per heavy atom. The Labute approximate surface area is 130 Å². The number of nitrogens with one attached hydrogen (secondary N) is 1. The van der Waals surface area contributed by atoms with Crippen molar-refractivity contribution in [2.75, 3.05) is 5.32 Å². The maximum atomic E-state index is 13.5. The number of anilines is 1. The van der Waals surface area contributed by atoms with Gasteiger partial charge >= 0.3 is 0 Å². The predicted molar refractivity (Wildman–Crippen MR) is 76.2 cm³/mol. The molecule has 2 rings (SSSR count). The minimum Gasteiger partial charge on any atom is -0.480 e. The first-order chi connectivity index (χ1) is 10.9. The highest BCUT2D eigenvalue weighted by Gasteiger charge is 2.20. The van der Waals surface area contributed by atoms with Crippen molar-refractivity contribution in [1.29, 1.82) is 5.26 Å². The van der Waals surface area contributed by atoms with Gasteiger partial charge in [-0.25, -0.2) is 13.2 Å². The normalized spacial score (nSPS) is 11.4. The molecule has 0 saturated carbocycles. The monoisotopic (exact) mass is 320 g/mol. The van der Waals surface area contributed by atoms with Gasteiger partial charge in [0.15, 0.2) is 23.6 Å². The van der Waals surface area contributed by atoms with E-state index in [0.29, 0.717) is 6.07 Å². The fourth-order valence-electron chi connectivity index (χ4n) is 1.76. The molecular formula is C16H11F3N2O2. The molecule has 23 heavy (non-hydrogen) atoms. The summed E-state index contributed by atoms with van der Waals surface area (Å²) < 4.78 is 44.8. The number of halogens is 3. The second-order valence-corrected chi connectivity index (χ2v) is 4.58. The molecule has 2 aromatic carbocycles. The van der Waals surface area contributed by atoms with E-state index in [-0.39, 0.29) is 11.3 Å². The molecule has 7 heteroatoms. The maximum absolute atomic E-state index is 13.5. The van der Waals surface area contributed by atoms with Crippen molar-refractivity contribution in [2.45, 2.75) is 13.0 Å². The van der Waals surface area contributed by atoms with Crippen LogP contribution in [0, 0.1) is 28.8 Å². The summed E-state index contributed by atoms with van der Waals surface area (Å²) in [6.45, 7) is 1.38. The molecular weight excluding hydrogens is 309 g/mol. The van der Waals surface area contributed by atoms with E-state index in [4.69, 9.17) is 10.00 Å². The van der Waals surface area contributed by atoms with Crippen LogP contribution in [0.25, 0.3) is 0 Å². The average molecular weight is 320 g/mol. The third-order valence-corrected chi connectivity index (χ3v) is 2.97. The van der Waals surface area contributed by atoms with Crippen molar-refractivity contribution in [2.24, 2.45) is 0 Å². The van der Waals surface area contributed by atoms with Crippen molar-refractivity contribution in [3.63, 3.8) is 0 Å². The molecule has 0 fully saturated rings.